The SMILES string of the molecule is Cc1csc(C(=O)Nc2ccccc2CCC(=O)O)c1Cl. The van der Waals surface area contributed by atoms with Crippen molar-refractivity contribution in [3.63, 3.8) is 0 Å². The Morgan fingerprint density at radius 3 is 2.67 bits per heavy atom. The van der Waals surface area contributed by atoms with Crippen LogP contribution in [0.5, 0.6) is 0 Å². The summed E-state index contributed by atoms with van der Waals surface area (Å²) in [5.41, 5.74) is 2.27. The van der Waals surface area contributed by atoms with Gasteiger partial charge >= 0.3 is 5.97 Å². The molecule has 0 bridgehead atoms. The van der Waals surface area contributed by atoms with E-state index >= 15 is 0 Å². The molecule has 0 radical (unpaired) electrons. The molecule has 2 rings (SSSR count). The molecular weight excluding hydrogens is 310 g/mol. The molecule has 2 aromatic rings. The van der Waals surface area contributed by atoms with E-state index in [0.717, 1.165) is 11.1 Å². The number of amides is 1. The first kappa shape index (κ1) is 15.5. The van der Waals surface area contributed by atoms with Crippen LogP contribution in [0.25, 0.3) is 0 Å². The Hall–Kier alpha value is -1.85. The third kappa shape index (κ3) is 3.83. The predicted molar refractivity (Wildman–Crippen MR) is 84.4 cm³/mol. The summed E-state index contributed by atoms with van der Waals surface area (Å²) >= 11 is 7.37. The average Bonchev–Trinajstić information content (AvgIpc) is 2.78. The first-order valence-electron chi connectivity index (χ1n) is 6.33. The summed E-state index contributed by atoms with van der Waals surface area (Å²) < 4.78 is 0. The summed E-state index contributed by atoms with van der Waals surface area (Å²) in [5.74, 6) is -1.14. The number of hydrogen-bond donors (Lipinski definition) is 2. The van der Waals surface area contributed by atoms with E-state index in [2.05, 4.69) is 5.32 Å². The molecule has 0 aliphatic rings. The molecule has 2 N–H and O–H groups in total. The van der Waals surface area contributed by atoms with E-state index in [0.29, 0.717) is 22.0 Å². The Morgan fingerprint density at radius 2 is 2.05 bits per heavy atom. The molecule has 0 unspecified atom stereocenters. The van der Waals surface area contributed by atoms with Gasteiger partial charge in [-0.15, -0.1) is 11.3 Å². The Balaban J connectivity index is 2.17. The Bertz CT molecular complexity index is 681. The number of nitrogens with one attached hydrogen (secondary N) is 1. The number of carboxylic acids is 1. The highest BCUT2D eigenvalue weighted by Gasteiger charge is 2.16. The number of carbonyl (C=O) groups is 2. The Morgan fingerprint density at radius 1 is 1.33 bits per heavy atom. The molecule has 1 heterocycles. The molecular formula is C15H14ClNO3S. The third-order valence-corrected chi connectivity index (χ3v) is 4.67. The fraction of sp³-hybridized carbons (Fsp3) is 0.200. The van der Waals surface area contributed by atoms with Gasteiger partial charge in [-0.25, -0.2) is 0 Å². The van der Waals surface area contributed by atoms with E-state index in [1.807, 2.05) is 18.4 Å². The van der Waals surface area contributed by atoms with Crippen LogP contribution in [0, 0.1) is 6.92 Å². The Labute approximate surface area is 131 Å². The van der Waals surface area contributed by atoms with Gasteiger partial charge in [0.05, 0.1) is 5.02 Å². The largest absolute Gasteiger partial charge is 0.481 e. The fourth-order valence-electron chi connectivity index (χ4n) is 1.86. The number of para-hydroxylation sites is 1. The van der Waals surface area contributed by atoms with Crippen molar-refractivity contribution >= 4 is 40.5 Å². The van der Waals surface area contributed by atoms with Gasteiger partial charge in [-0.2, -0.15) is 0 Å². The molecule has 0 saturated heterocycles. The second-order valence-electron chi connectivity index (χ2n) is 4.57. The van der Waals surface area contributed by atoms with Gasteiger partial charge in [-0.05, 0) is 35.9 Å². The van der Waals surface area contributed by atoms with Crippen LogP contribution in [0.4, 0.5) is 5.69 Å². The van der Waals surface area contributed by atoms with Gasteiger partial charge in [0.2, 0.25) is 0 Å². The van der Waals surface area contributed by atoms with E-state index in [1.165, 1.54) is 11.3 Å². The van der Waals surface area contributed by atoms with E-state index in [1.54, 1.807) is 18.2 Å². The molecule has 0 aliphatic heterocycles. The standard InChI is InChI=1S/C15H14ClNO3S/c1-9-8-21-14(13(9)16)15(20)17-11-5-3-2-4-10(11)6-7-12(18)19/h2-5,8H,6-7H2,1H3,(H,17,20)(H,18,19). The van der Waals surface area contributed by atoms with Crippen LogP contribution in [-0.4, -0.2) is 17.0 Å². The van der Waals surface area contributed by atoms with Gasteiger partial charge in [0.15, 0.2) is 0 Å². The van der Waals surface area contributed by atoms with Gasteiger partial charge in [-0.1, -0.05) is 29.8 Å². The lowest BCUT2D eigenvalue weighted by Crippen LogP contribution is -2.12. The molecule has 0 atom stereocenters. The second kappa shape index (κ2) is 6.74. The maximum atomic E-state index is 12.2. The molecule has 110 valence electrons. The molecule has 6 heteroatoms. The third-order valence-electron chi connectivity index (χ3n) is 2.98. The summed E-state index contributed by atoms with van der Waals surface area (Å²) in [5, 5.41) is 13.8. The lowest BCUT2D eigenvalue weighted by atomic mass is 10.1. The van der Waals surface area contributed by atoms with Crippen LogP contribution in [0.2, 0.25) is 5.02 Å². The smallest absolute Gasteiger partial charge is 0.303 e. The second-order valence-corrected chi connectivity index (χ2v) is 5.82. The van der Waals surface area contributed by atoms with Crippen molar-refractivity contribution in [2.24, 2.45) is 0 Å². The minimum Gasteiger partial charge on any atom is -0.481 e. The molecule has 0 spiro atoms. The molecule has 1 aromatic carbocycles. The van der Waals surface area contributed by atoms with Gasteiger partial charge in [0, 0.05) is 12.1 Å². The van der Waals surface area contributed by atoms with Gasteiger partial charge < -0.3 is 10.4 Å². The maximum Gasteiger partial charge on any atom is 0.303 e. The summed E-state index contributed by atoms with van der Waals surface area (Å²) in [4.78, 5) is 23.4. The van der Waals surface area contributed by atoms with E-state index in [4.69, 9.17) is 16.7 Å². The summed E-state index contributed by atoms with van der Waals surface area (Å²) in [6.07, 6.45) is 0.384. The number of carboxylic acid groups (broad SMARTS) is 1. The normalized spacial score (nSPS) is 10.4. The number of rotatable bonds is 5. The van der Waals surface area contributed by atoms with Gasteiger partial charge in [-0.3, -0.25) is 9.59 Å². The van der Waals surface area contributed by atoms with E-state index in [-0.39, 0.29) is 12.3 Å². The number of benzene rings is 1. The van der Waals surface area contributed by atoms with Crippen molar-refractivity contribution < 1.29 is 14.7 Å². The predicted octanol–water partition coefficient (Wildman–Crippen LogP) is 3.98. The molecule has 0 aliphatic carbocycles. The van der Waals surface area contributed by atoms with Crippen LogP contribution in [0.15, 0.2) is 29.6 Å². The highest BCUT2D eigenvalue weighted by atomic mass is 35.5. The lowest BCUT2D eigenvalue weighted by molar-refractivity contribution is -0.136. The van der Waals surface area contributed by atoms with Crippen molar-refractivity contribution in [2.45, 2.75) is 19.8 Å². The van der Waals surface area contributed by atoms with E-state index < -0.39 is 5.97 Å². The molecule has 4 nitrogen and oxygen atoms in total. The van der Waals surface area contributed by atoms with Crippen LogP contribution in [0.1, 0.15) is 27.2 Å². The highest BCUT2D eigenvalue weighted by molar-refractivity contribution is 7.13. The number of anilines is 1. The van der Waals surface area contributed by atoms with Crippen LogP contribution in [-0.2, 0) is 11.2 Å². The zero-order chi connectivity index (χ0) is 15.4. The van der Waals surface area contributed by atoms with Crippen molar-refractivity contribution in [1.29, 1.82) is 0 Å². The monoisotopic (exact) mass is 323 g/mol. The number of aryl methyl sites for hydroxylation is 2. The van der Waals surface area contributed by atoms with Crippen LogP contribution < -0.4 is 5.32 Å². The van der Waals surface area contributed by atoms with Crippen LogP contribution >= 0.6 is 22.9 Å². The zero-order valence-electron chi connectivity index (χ0n) is 11.4. The average molecular weight is 324 g/mol. The fourth-order valence-corrected chi connectivity index (χ4v) is 3.04. The highest BCUT2D eigenvalue weighted by Crippen LogP contribution is 2.28. The van der Waals surface area contributed by atoms with Crippen molar-refractivity contribution in [2.75, 3.05) is 5.32 Å². The van der Waals surface area contributed by atoms with E-state index in [9.17, 15) is 9.59 Å². The first-order valence-corrected chi connectivity index (χ1v) is 7.59. The summed E-state index contributed by atoms with van der Waals surface area (Å²) in [7, 11) is 0. The summed E-state index contributed by atoms with van der Waals surface area (Å²) in [6.45, 7) is 1.84. The molecule has 0 saturated carbocycles. The number of thiophene rings is 1. The molecule has 21 heavy (non-hydrogen) atoms. The number of carbonyl (C=O) groups excluding carboxylic acids is 1. The van der Waals surface area contributed by atoms with Crippen molar-refractivity contribution in [3.8, 4) is 0 Å². The van der Waals surface area contributed by atoms with Gasteiger partial charge in [0.1, 0.15) is 4.88 Å². The minimum atomic E-state index is -0.868. The number of aliphatic carboxylic acids is 1. The minimum absolute atomic E-state index is 0.0196. The topological polar surface area (TPSA) is 66.4 Å². The lowest BCUT2D eigenvalue weighted by Gasteiger charge is -2.10. The number of hydrogen-bond acceptors (Lipinski definition) is 3. The zero-order valence-corrected chi connectivity index (χ0v) is 12.9. The molecule has 0 fully saturated rings. The Kier molecular flexibility index (Phi) is 4.98. The van der Waals surface area contributed by atoms with Gasteiger partial charge in [0.25, 0.3) is 5.91 Å². The molecule has 1 aromatic heterocycles. The van der Waals surface area contributed by atoms with Crippen molar-refractivity contribution in [1.82, 2.24) is 0 Å². The van der Waals surface area contributed by atoms with Crippen molar-refractivity contribution in [3.05, 3.63) is 50.7 Å². The molecule has 1 amide bonds. The van der Waals surface area contributed by atoms with Crippen LogP contribution in [0.3, 0.4) is 0 Å². The summed E-state index contributed by atoms with van der Waals surface area (Å²) in [6, 6.07) is 7.17. The quantitative estimate of drug-likeness (QED) is 0.874. The number of halogens is 1. The maximum absolute atomic E-state index is 12.2. The first-order chi connectivity index (χ1) is 9.99.